The normalized spacial score (nSPS) is 18.7. The van der Waals surface area contributed by atoms with E-state index in [4.69, 9.17) is 9.47 Å². The molecule has 2 heterocycles. The average molecular weight is 488 g/mol. The fourth-order valence-electron chi connectivity index (χ4n) is 4.74. The molecule has 1 amide bonds. The topological polar surface area (TPSA) is 100 Å². The van der Waals surface area contributed by atoms with E-state index in [1.807, 2.05) is 50.2 Å². The fraction of sp³-hybridized carbons (Fsp3) is 0.296. The number of thioether (sulfide) groups is 1. The molecule has 2 aliphatic heterocycles. The number of ketones is 1. The van der Waals surface area contributed by atoms with E-state index < -0.39 is 5.92 Å². The van der Waals surface area contributed by atoms with E-state index in [0.717, 1.165) is 40.9 Å². The number of benzene rings is 2. The number of dihydropyridines is 1. The maximum atomic E-state index is 13.0. The second-order valence-corrected chi connectivity index (χ2v) is 9.84. The van der Waals surface area contributed by atoms with E-state index in [1.54, 1.807) is 0 Å². The lowest BCUT2D eigenvalue weighted by molar-refractivity contribution is -0.116. The predicted molar refractivity (Wildman–Crippen MR) is 134 cm³/mol. The minimum Gasteiger partial charge on any atom is -0.454 e. The van der Waals surface area contributed by atoms with Gasteiger partial charge in [0.05, 0.1) is 28.3 Å². The highest BCUT2D eigenvalue weighted by atomic mass is 32.2. The molecule has 2 aromatic carbocycles. The SMILES string of the molecule is Cc1ccc(NC(=O)CSC2=C(C#N)[C@@H](c3ccc4c(c3)OCO4)C3=C(CCCC3=O)N2)c(C)c1. The van der Waals surface area contributed by atoms with Crippen molar-refractivity contribution in [3.63, 3.8) is 0 Å². The number of Topliss-reactive ketones (excluding diaryl/α,β-unsaturated/α-hetero) is 1. The van der Waals surface area contributed by atoms with Gasteiger partial charge in [-0.3, -0.25) is 9.59 Å². The highest BCUT2D eigenvalue weighted by molar-refractivity contribution is 8.03. The van der Waals surface area contributed by atoms with E-state index in [1.165, 1.54) is 11.8 Å². The first-order valence-corrected chi connectivity index (χ1v) is 12.5. The van der Waals surface area contributed by atoms with Crippen LogP contribution in [0.4, 0.5) is 5.69 Å². The Morgan fingerprint density at radius 1 is 1.17 bits per heavy atom. The number of allylic oxidation sites excluding steroid dienone is 3. The van der Waals surface area contributed by atoms with E-state index in [2.05, 4.69) is 16.7 Å². The average Bonchev–Trinajstić information content (AvgIpc) is 3.31. The highest BCUT2D eigenvalue weighted by Crippen LogP contribution is 2.46. The number of hydrogen-bond donors (Lipinski definition) is 2. The van der Waals surface area contributed by atoms with Crippen molar-refractivity contribution in [2.24, 2.45) is 0 Å². The molecule has 0 bridgehead atoms. The molecule has 0 aromatic heterocycles. The van der Waals surface area contributed by atoms with Crippen LogP contribution in [0.25, 0.3) is 0 Å². The number of fused-ring (bicyclic) bond motifs is 1. The van der Waals surface area contributed by atoms with Gasteiger partial charge in [0.25, 0.3) is 0 Å². The molecule has 1 aliphatic carbocycles. The van der Waals surface area contributed by atoms with E-state index in [0.29, 0.717) is 34.1 Å². The summed E-state index contributed by atoms with van der Waals surface area (Å²) in [6.07, 6.45) is 1.94. The number of anilines is 1. The van der Waals surface area contributed by atoms with Gasteiger partial charge >= 0.3 is 0 Å². The molecule has 8 heteroatoms. The molecule has 35 heavy (non-hydrogen) atoms. The second-order valence-electron chi connectivity index (χ2n) is 8.85. The van der Waals surface area contributed by atoms with Crippen LogP contribution >= 0.6 is 11.8 Å². The zero-order chi connectivity index (χ0) is 24.5. The van der Waals surface area contributed by atoms with Crippen molar-refractivity contribution in [2.45, 2.75) is 39.0 Å². The van der Waals surface area contributed by atoms with Crippen molar-refractivity contribution in [1.29, 1.82) is 5.26 Å². The minimum atomic E-state index is -0.511. The summed E-state index contributed by atoms with van der Waals surface area (Å²) in [5, 5.41) is 17.1. The lowest BCUT2D eigenvalue weighted by Crippen LogP contribution is -2.31. The number of amides is 1. The summed E-state index contributed by atoms with van der Waals surface area (Å²) in [6.45, 7) is 4.11. The van der Waals surface area contributed by atoms with Crippen LogP contribution in [0.3, 0.4) is 0 Å². The summed E-state index contributed by atoms with van der Waals surface area (Å²) in [6, 6.07) is 13.7. The lowest BCUT2D eigenvalue weighted by atomic mass is 9.77. The van der Waals surface area contributed by atoms with Gasteiger partial charge in [-0.25, -0.2) is 0 Å². The quantitative estimate of drug-likeness (QED) is 0.623. The molecule has 2 aromatic rings. The van der Waals surface area contributed by atoms with Gasteiger partial charge in [-0.2, -0.15) is 5.26 Å². The molecule has 178 valence electrons. The third-order valence-corrected chi connectivity index (χ3v) is 7.41. The number of nitrogens with one attached hydrogen (secondary N) is 2. The lowest BCUT2D eigenvalue weighted by Gasteiger charge is -2.33. The van der Waals surface area contributed by atoms with E-state index >= 15 is 0 Å². The molecule has 1 atom stereocenters. The summed E-state index contributed by atoms with van der Waals surface area (Å²) in [5.74, 6) is 0.755. The fourth-order valence-corrected chi connectivity index (χ4v) is 5.60. The molecule has 5 rings (SSSR count). The third-order valence-electron chi connectivity index (χ3n) is 6.40. The Labute approximate surface area is 208 Å². The molecular weight excluding hydrogens is 462 g/mol. The smallest absolute Gasteiger partial charge is 0.234 e. The van der Waals surface area contributed by atoms with Crippen LogP contribution in [0.2, 0.25) is 0 Å². The number of ether oxygens (including phenoxy) is 2. The van der Waals surface area contributed by atoms with Gasteiger partial charge < -0.3 is 20.1 Å². The van der Waals surface area contributed by atoms with E-state index in [9.17, 15) is 14.9 Å². The number of nitriles is 1. The van der Waals surface area contributed by atoms with Gasteiger partial charge in [-0.05, 0) is 56.0 Å². The largest absolute Gasteiger partial charge is 0.454 e. The van der Waals surface area contributed by atoms with Crippen molar-refractivity contribution in [1.82, 2.24) is 5.32 Å². The molecule has 0 saturated carbocycles. The summed E-state index contributed by atoms with van der Waals surface area (Å²) in [7, 11) is 0. The van der Waals surface area contributed by atoms with Crippen LogP contribution in [0.15, 0.2) is 58.3 Å². The first-order valence-electron chi connectivity index (χ1n) is 11.5. The second kappa shape index (κ2) is 9.51. The Bertz CT molecular complexity index is 1340. The van der Waals surface area contributed by atoms with Gasteiger partial charge in [0.15, 0.2) is 17.3 Å². The molecule has 0 unspecified atom stereocenters. The molecule has 0 fully saturated rings. The van der Waals surface area contributed by atoms with Crippen molar-refractivity contribution < 1.29 is 19.1 Å². The van der Waals surface area contributed by atoms with Crippen LogP contribution in [0, 0.1) is 25.2 Å². The van der Waals surface area contributed by atoms with Gasteiger partial charge in [-0.1, -0.05) is 35.5 Å². The molecular formula is C27H25N3O4S. The van der Waals surface area contributed by atoms with Crippen LogP contribution < -0.4 is 20.1 Å². The zero-order valence-electron chi connectivity index (χ0n) is 19.6. The van der Waals surface area contributed by atoms with Crippen molar-refractivity contribution >= 4 is 29.1 Å². The first kappa shape index (κ1) is 23.1. The molecule has 0 spiro atoms. The predicted octanol–water partition coefficient (Wildman–Crippen LogP) is 4.83. The number of nitrogens with zero attached hydrogens (tertiary/aromatic N) is 1. The summed E-state index contributed by atoms with van der Waals surface area (Å²) in [4.78, 5) is 25.7. The van der Waals surface area contributed by atoms with Crippen LogP contribution in [0.1, 0.15) is 41.9 Å². The standard InChI is InChI=1S/C27H25N3O4S/c1-15-6-8-19(16(2)10-15)29-24(32)13-35-27-18(12-28)25(26-20(30-27)4-3-5-21(26)31)17-7-9-22-23(11-17)34-14-33-22/h6-11,25,30H,3-5,13-14H2,1-2H3,(H,29,32)/t25-/m1/s1. The van der Waals surface area contributed by atoms with Crippen LogP contribution in [-0.2, 0) is 9.59 Å². The minimum absolute atomic E-state index is 0.0470. The number of aryl methyl sites for hydroxylation is 2. The van der Waals surface area contributed by atoms with E-state index in [-0.39, 0.29) is 24.2 Å². The van der Waals surface area contributed by atoms with Crippen molar-refractivity contribution in [3.05, 3.63) is 75.0 Å². The van der Waals surface area contributed by atoms with Crippen molar-refractivity contribution in [2.75, 3.05) is 17.9 Å². The van der Waals surface area contributed by atoms with Gasteiger partial charge in [0.2, 0.25) is 12.7 Å². The number of carbonyl (C=O) groups is 2. The summed E-state index contributed by atoms with van der Waals surface area (Å²) >= 11 is 1.28. The van der Waals surface area contributed by atoms with Crippen molar-refractivity contribution in [3.8, 4) is 17.6 Å². The molecule has 0 radical (unpaired) electrons. The Hall–Kier alpha value is -3.70. The summed E-state index contributed by atoms with van der Waals surface area (Å²) in [5.41, 5.74) is 5.60. The number of rotatable bonds is 5. The van der Waals surface area contributed by atoms with Crippen LogP contribution in [-0.4, -0.2) is 24.2 Å². The maximum absolute atomic E-state index is 13.0. The molecule has 7 nitrogen and oxygen atoms in total. The Balaban J connectivity index is 1.43. The van der Waals surface area contributed by atoms with Gasteiger partial charge in [0, 0.05) is 23.4 Å². The van der Waals surface area contributed by atoms with Crippen LogP contribution in [0.5, 0.6) is 11.5 Å². The van der Waals surface area contributed by atoms with Gasteiger partial charge in [0.1, 0.15) is 0 Å². The van der Waals surface area contributed by atoms with Gasteiger partial charge in [-0.15, -0.1) is 0 Å². The Morgan fingerprint density at radius 2 is 2.00 bits per heavy atom. The maximum Gasteiger partial charge on any atom is 0.234 e. The first-order chi connectivity index (χ1) is 16.9. The Kier molecular flexibility index (Phi) is 6.27. The highest BCUT2D eigenvalue weighted by Gasteiger charge is 2.37. The molecule has 2 N–H and O–H groups in total. The Morgan fingerprint density at radius 3 is 2.80 bits per heavy atom. The monoisotopic (exact) mass is 487 g/mol. The number of hydrogen-bond acceptors (Lipinski definition) is 7. The third kappa shape index (κ3) is 4.52. The summed E-state index contributed by atoms with van der Waals surface area (Å²) < 4.78 is 11.0. The molecule has 3 aliphatic rings. The number of carbonyl (C=O) groups excluding carboxylic acids is 2. The molecule has 0 saturated heterocycles. The zero-order valence-corrected chi connectivity index (χ0v) is 20.4.